The standard InChI is InChI=1S/C18H21N5O2S/c1-12-20-13(11-26-12)10-24-16-6-4-3-5-14(16)18-21-17(22-25-18)15-9-19-7-8-23(15)2/h3-6,11,15,19H,7-10H2,1-2H3. The van der Waals surface area contributed by atoms with E-state index >= 15 is 0 Å². The first-order valence-electron chi connectivity index (χ1n) is 8.58. The van der Waals surface area contributed by atoms with Crippen molar-refractivity contribution in [3.05, 3.63) is 46.2 Å². The Hall–Kier alpha value is -2.29. The van der Waals surface area contributed by atoms with Gasteiger partial charge in [-0.1, -0.05) is 17.3 Å². The molecular weight excluding hydrogens is 350 g/mol. The minimum atomic E-state index is 0.118. The number of nitrogens with one attached hydrogen (secondary N) is 1. The van der Waals surface area contributed by atoms with Crippen LogP contribution in [0.15, 0.2) is 34.2 Å². The van der Waals surface area contributed by atoms with Gasteiger partial charge in [0.05, 0.1) is 22.3 Å². The third-order valence-electron chi connectivity index (χ3n) is 4.41. The molecule has 1 fully saturated rings. The fraction of sp³-hybridized carbons (Fsp3) is 0.389. The molecule has 0 aliphatic carbocycles. The second-order valence-electron chi connectivity index (χ2n) is 6.30. The Labute approximate surface area is 156 Å². The van der Waals surface area contributed by atoms with Crippen molar-refractivity contribution in [3.8, 4) is 17.2 Å². The van der Waals surface area contributed by atoms with Gasteiger partial charge < -0.3 is 14.6 Å². The van der Waals surface area contributed by atoms with Crippen molar-refractivity contribution in [2.24, 2.45) is 0 Å². The summed E-state index contributed by atoms with van der Waals surface area (Å²) in [6.45, 7) is 5.15. The summed E-state index contributed by atoms with van der Waals surface area (Å²) in [7, 11) is 2.08. The number of piperazine rings is 1. The summed E-state index contributed by atoms with van der Waals surface area (Å²) in [4.78, 5) is 11.3. The first-order chi connectivity index (χ1) is 12.7. The highest BCUT2D eigenvalue weighted by molar-refractivity contribution is 7.09. The van der Waals surface area contributed by atoms with Gasteiger partial charge in [-0.15, -0.1) is 11.3 Å². The molecule has 3 heterocycles. The number of likely N-dealkylation sites (N-methyl/N-ethyl adjacent to an activating group) is 1. The summed E-state index contributed by atoms with van der Waals surface area (Å²) in [5.41, 5.74) is 1.72. The third kappa shape index (κ3) is 3.62. The van der Waals surface area contributed by atoms with E-state index in [-0.39, 0.29) is 6.04 Å². The van der Waals surface area contributed by atoms with Crippen LogP contribution < -0.4 is 10.1 Å². The van der Waals surface area contributed by atoms with Gasteiger partial charge in [0, 0.05) is 25.0 Å². The molecule has 1 atom stereocenters. The molecule has 8 heteroatoms. The fourth-order valence-corrected chi connectivity index (χ4v) is 3.57. The quantitative estimate of drug-likeness (QED) is 0.739. The molecule has 1 saturated heterocycles. The molecule has 3 aromatic rings. The van der Waals surface area contributed by atoms with Crippen LogP contribution >= 0.6 is 11.3 Å². The SMILES string of the molecule is Cc1nc(COc2ccccc2-c2nc(C3CNCCN3C)no2)cs1. The van der Waals surface area contributed by atoms with Crippen molar-refractivity contribution >= 4 is 11.3 Å². The first kappa shape index (κ1) is 17.1. The summed E-state index contributed by atoms with van der Waals surface area (Å²) >= 11 is 1.62. The second kappa shape index (κ2) is 7.53. The van der Waals surface area contributed by atoms with Gasteiger partial charge in [-0.2, -0.15) is 4.98 Å². The Bertz CT molecular complexity index is 878. The zero-order valence-corrected chi connectivity index (χ0v) is 15.6. The smallest absolute Gasteiger partial charge is 0.261 e. The predicted molar refractivity (Wildman–Crippen MR) is 99.2 cm³/mol. The van der Waals surface area contributed by atoms with E-state index in [2.05, 4.69) is 32.4 Å². The lowest BCUT2D eigenvalue weighted by molar-refractivity contribution is 0.190. The van der Waals surface area contributed by atoms with E-state index in [0.29, 0.717) is 24.1 Å². The van der Waals surface area contributed by atoms with E-state index in [0.717, 1.165) is 35.9 Å². The van der Waals surface area contributed by atoms with Crippen LogP contribution in [0.25, 0.3) is 11.5 Å². The van der Waals surface area contributed by atoms with Crippen molar-refractivity contribution in [2.45, 2.75) is 19.6 Å². The van der Waals surface area contributed by atoms with Crippen molar-refractivity contribution in [2.75, 3.05) is 26.7 Å². The zero-order valence-electron chi connectivity index (χ0n) is 14.8. The Morgan fingerprint density at radius 2 is 2.23 bits per heavy atom. The van der Waals surface area contributed by atoms with Crippen LogP contribution in [0, 0.1) is 6.92 Å². The van der Waals surface area contributed by atoms with Crippen LogP contribution in [0.5, 0.6) is 5.75 Å². The largest absolute Gasteiger partial charge is 0.486 e. The molecule has 0 radical (unpaired) electrons. The van der Waals surface area contributed by atoms with Crippen molar-refractivity contribution in [1.29, 1.82) is 0 Å². The van der Waals surface area contributed by atoms with E-state index in [4.69, 9.17) is 9.26 Å². The Kier molecular flexibility index (Phi) is 4.96. The van der Waals surface area contributed by atoms with Crippen LogP contribution in [0.4, 0.5) is 0 Å². The Balaban J connectivity index is 1.54. The highest BCUT2D eigenvalue weighted by Crippen LogP contribution is 2.30. The molecule has 1 aliphatic heterocycles. The van der Waals surface area contributed by atoms with Gasteiger partial charge in [-0.25, -0.2) is 4.98 Å². The van der Waals surface area contributed by atoms with Crippen molar-refractivity contribution in [1.82, 2.24) is 25.3 Å². The number of rotatable bonds is 5. The van der Waals surface area contributed by atoms with E-state index < -0.39 is 0 Å². The number of aryl methyl sites for hydroxylation is 1. The highest BCUT2D eigenvalue weighted by Gasteiger charge is 2.26. The lowest BCUT2D eigenvalue weighted by Gasteiger charge is -2.30. The number of hydrogen-bond acceptors (Lipinski definition) is 8. The first-order valence-corrected chi connectivity index (χ1v) is 9.46. The van der Waals surface area contributed by atoms with E-state index in [9.17, 15) is 0 Å². The van der Waals surface area contributed by atoms with E-state index in [1.807, 2.05) is 36.6 Å². The number of nitrogens with zero attached hydrogens (tertiary/aromatic N) is 4. The molecular formula is C18H21N5O2S. The normalized spacial score (nSPS) is 18.2. The number of ether oxygens (including phenoxy) is 1. The van der Waals surface area contributed by atoms with Gasteiger partial charge in [0.25, 0.3) is 5.89 Å². The third-order valence-corrected chi connectivity index (χ3v) is 5.23. The van der Waals surface area contributed by atoms with Crippen LogP contribution in [0.3, 0.4) is 0 Å². The minimum absolute atomic E-state index is 0.118. The Morgan fingerprint density at radius 1 is 1.35 bits per heavy atom. The Morgan fingerprint density at radius 3 is 3.04 bits per heavy atom. The molecule has 26 heavy (non-hydrogen) atoms. The predicted octanol–water partition coefficient (Wildman–Crippen LogP) is 2.66. The molecule has 1 N–H and O–H groups in total. The molecule has 136 valence electrons. The maximum absolute atomic E-state index is 5.96. The van der Waals surface area contributed by atoms with E-state index in [1.165, 1.54) is 0 Å². The average molecular weight is 371 g/mol. The summed E-state index contributed by atoms with van der Waals surface area (Å²) in [6, 6.07) is 7.83. The number of para-hydroxylation sites is 1. The van der Waals surface area contributed by atoms with Crippen LogP contribution in [-0.2, 0) is 6.61 Å². The molecule has 0 amide bonds. The van der Waals surface area contributed by atoms with Gasteiger partial charge in [0.1, 0.15) is 12.4 Å². The molecule has 2 aromatic heterocycles. The number of aromatic nitrogens is 3. The lowest BCUT2D eigenvalue weighted by atomic mass is 10.2. The minimum Gasteiger partial charge on any atom is -0.486 e. The number of hydrogen-bond donors (Lipinski definition) is 1. The van der Waals surface area contributed by atoms with Gasteiger partial charge in [0.2, 0.25) is 0 Å². The maximum Gasteiger partial charge on any atom is 0.261 e. The summed E-state index contributed by atoms with van der Waals surface area (Å²) in [5.74, 6) is 1.88. The van der Waals surface area contributed by atoms with Gasteiger partial charge >= 0.3 is 0 Å². The van der Waals surface area contributed by atoms with Crippen molar-refractivity contribution in [3.63, 3.8) is 0 Å². The molecule has 1 unspecified atom stereocenters. The molecule has 7 nitrogen and oxygen atoms in total. The highest BCUT2D eigenvalue weighted by atomic mass is 32.1. The van der Waals surface area contributed by atoms with Crippen LogP contribution in [0.2, 0.25) is 0 Å². The topological polar surface area (TPSA) is 76.3 Å². The van der Waals surface area contributed by atoms with Crippen LogP contribution in [0.1, 0.15) is 22.6 Å². The lowest BCUT2D eigenvalue weighted by Crippen LogP contribution is -2.44. The number of benzene rings is 1. The van der Waals surface area contributed by atoms with Gasteiger partial charge in [-0.05, 0) is 26.1 Å². The van der Waals surface area contributed by atoms with Gasteiger partial charge in [0.15, 0.2) is 5.82 Å². The van der Waals surface area contributed by atoms with Crippen LogP contribution in [-0.4, -0.2) is 46.7 Å². The fourth-order valence-electron chi connectivity index (χ4n) is 2.97. The molecule has 0 bridgehead atoms. The second-order valence-corrected chi connectivity index (χ2v) is 7.36. The summed E-state index contributed by atoms with van der Waals surface area (Å²) < 4.78 is 11.5. The van der Waals surface area contributed by atoms with E-state index in [1.54, 1.807) is 11.3 Å². The molecule has 4 rings (SSSR count). The van der Waals surface area contributed by atoms with Gasteiger partial charge in [-0.3, -0.25) is 4.90 Å². The average Bonchev–Trinajstić information content (AvgIpc) is 3.30. The molecule has 0 spiro atoms. The zero-order chi connectivity index (χ0) is 17.9. The molecule has 1 aliphatic rings. The summed E-state index contributed by atoms with van der Waals surface area (Å²) in [5, 5.41) is 10.6. The summed E-state index contributed by atoms with van der Waals surface area (Å²) in [6.07, 6.45) is 0. The molecule has 0 saturated carbocycles. The molecule has 1 aromatic carbocycles. The van der Waals surface area contributed by atoms with Crippen molar-refractivity contribution < 1.29 is 9.26 Å². The monoisotopic (exact) mass is 371 g/mol. The maximum atomic E-state index is 5.96. The number of thiazole rings is 1.